The molecule has 1 N–H and O–H groups in total. The summed E-state index contributed by atoms with van der Waals surface area (Å²) in [6.45, 7) is 0. The number of ether oxygens (including phenoxy) is 1. The molecule has 0 saturated heterocycles. The molecule has 0 atom stereocenters. The maximum Gasteiger partial charge on any atom is 0.219 e. The van der Waals surface area contributed by atoms with Crippen LogP contribution < -0.4 is 10.1 Å². The van der Waals surface area contributed by atoms with Crippen LogP contribution in [0.1, 0.15) is 50.3 Å². The Hall–Kier alpha value is -1.32. The maximum atomic E-state index is 5.95. The molecule has 0 aromatic carbocycles. The van der Waals surface area contributed by atoms with Crippen LogP contribution in [-0.4, -0.2) is 23.1 Å². The molecule has 1 aromatic heterocycles. The Morgan fingerprint density at radius 3 is 2.59 bits per heavy atom. The molecule has 17 heavy (non-hydrogen) atoms. The molecule has 2 aliphatic rings. The highest BCUT2D eigenvalue weighted by molar-refractivity contribution is 5.38. The minimum Gasteiger partial charge on any atom is -0.474 e. The van der Waals surface area contributed by atoms with E-state index in [0.29, 0.717) is 12.0 Å². The lowest BCUT2D eigenvalue weighted by molar-refractivity contribution is 0.200. The van der Waals surface area contributed by atoms with Gasteiger partial charge in [0.25, 0.3) is 0 Å². The van der Waals surface area contributed by atoms with Crippen molar-refractivity contribution in [2.75, 3.05) is 12.4 Å². The Labute approximate surface area is 102 Å². The van der Waals surface area contributed by atoms with Crippen molar-refractivity contribution in [3.05, 3.63) is 11.9 Å². The van der Waals surface area contributed by atoms with Gasteiger partial charge in [0.1, 0.15) is 17.7 Å². The van der Waals surface area contributed by atoms with Gasteiger partial charge in [-0.1, -0.05) is 0 Å². The summed E-state index contributed by atoms with van der Waals surface area (Å²) in [6, 6.07) is 1.91. The summed E-state index contributed by atoms with van der Waals surface area (Å²) in [7, 11) is 1.89. The molecule has 3 rings (SSSR count). The first-order chi connectivity index (χ1) is 8.35. The van der Waals surface area contributed by atoms with Crippen LogP contribution in [0.3, 0.4) is 0 Å². The molecule has 4 nitrogen and oxygen atoms in total. The van der Waals surface area contributed by atoms with Crippen molar-refractivity contribution in [1.29, 1.82) is 0 Å². The summed E-state index contributed by atoms with van der Waals surface area (Å²) in [6.07, 6.45) is 7.69. The van der Waals surface area contributed by atoms with Crippen LogP contribution in [0.5, 0.6) is 5.88 Å². The first-order valence-corrected chi connectivity index (χ1v) is 6.58. The van der Waals surface area contributed by atoms with Crippen LogP contribution in [0.15, 0.2) is 6.07 Å². The minimum atomic E-state index is 0.363. The van der Waals surface area contributed by atoms with Gasteiger partial charge in [0, 0.05) is 19.0 Å². The third-order valence-corrected chi connectivity index (χ3v) is 3.51. The molecule has 0 radical (unpaired) electrons. The molecule has 1 heterocycles. The van der Waals surface area contributed by atoms with E-state index in [4.69, 9.17) is 4.74 Å². The van der Waals surface area contributed by atoms with Crippen molar-refractivity contribution in [2.45, 2.75) is 50.5 Å². The Morgan fingerprint density at radius 1 is 1.18 bits per heavy atom. The largest absolute Gasteiger partial charge is 0.474 e. The molecule has 0 spiro atoms. The van der Waals surface area contributed by atoms with Gasteiger partial charge in [-0.25, -0.2) is 4.98 Å². The lowest BCUT2D eigenvalue weighted by atomic mass is 10.3. The molecular weight excluding hydrogens is 214 g/mol. The number of anilines is 1. The van der Waals surface area contributed by atoms with Crippen LogP contribution in [0.2, 0.25) is 0 Å². The van der Waals surface area contributed by atoms with Crippen molar-refractivity contribution in [3.63, 3.8) is 0 Å². The standard InChI is InChI=1S/C13H19N3O/c1-14-11-8-12(17-10-4-2-3-5-10)16-13(15-11)9-6-7-9/h8-10H,2-7H2,1H3,(H,14,15,16). The predicted molar refractivity (Wildman–Crippen MR) is 66.4 cm³/mol. The molecule has 4 heteroatoms. The number of rotatable bonds is 4. The van der Waals surface area contributed by atoms with Crippen LogP contribution in [0.25, 0.3) is 0 Å². The fraction of sp³-hybridized carbons (Fsp3) is 0.692. The number of hydrogen-bond acceptors (Lipinski definition) is 4. The van der Waals surface area contributed by atoms with Gasteiger partial charge >= 0.3 is 0 Å². The van der Waals surface area contributed by atoms with Crippen LogP contribution in [0.4, 0.5) is 5.82 Å². The summed E-state index contributed by atoms with van der Waals surface area (Å²) in [5, 5.41) is 3.08. The topological polar surface area (TPSA) is 47.0 Å². The smallest absolute Gasteiger partial charge is 0.219 e. The summed E-state index contributed by atoms with van der Waals surface area (Å²) in [5.74, 6) is 3.13. The van der Waals surface area contributed by atoms with Gasteiger partial charge in [-0.15, -0.1) is 0 Å². The van der Waals surface area contributed by atoms with Crippen LogP contribution >= 0.6 is 0 Å². The molecule has 2 aliphatic carbocycles. The van der Waals surface area contributed by atoms with Gasteiger partial charge in [0.15, 0.2) is 0 Å². The third-order valence-electron chi connectivity index (χ3n) is 3.51. The number of nitrogens with one attached hydrogen (secondary N) is 1. The van der Waals surface area contributed by atoms with E-state index in [1.807, 2.05) is 13.1 Å². The summed E-state index contributed by atoms with van der Waals surface area (Å²) >= 11 is 0. The van der Waals surface area contributed by atoms with E-state index in [-0.39, 0.29) is 0 Å². The van der Waals surface area contributed by atoms with Crippen LogP contribution in [0, 0.1) is 0 Å². The lowest BCUT2D eigenvalue weighted by Crippen LogP contribution is -2.13. The second kappa shape index (κ2) is 4.51. The summed E-state index contributed by atoms with van der Waals surface area (Å²) in [5.41, 5.74) is 0. The molecule has 0 aliphatic heterocycles. The second-order valence-electron chi connectivity index (χ2n) is 5.00. The first kappa shape index (κ1) is 10.8. The van der Waals surface area contributed by atoms with Crippen LogP contribution in [-0.2, 0) is 0 Å². The van der Waals surface area contributed by atoms with E-state index in [9.17, 15) is 0 Å². The second-order valence-corrected chi connectivity index (χ2v) is 5.00. The van der Waals surface area contributed by atoms with Crippen molar-refractivity contribution >= 4 is 5.82 Å². The van der Waals surface area contributed by atoms with Gasteiger partial charge in [-0.2, -0.15) is 4.98 Å². The third kappa shape index (κ3) is 2.51. The Balaban J connectivity index is 1.78. The zero-order valence-corrected chi connectivity index (χ0v) is 10.3. The van der Waals surface area contributed by atoms with Gasteiger partial charge in [-0.3, -0.25) is 0 Å². The van der Waals surface area contributed by atoms with Crippen molar-refractivity contribution < 1.29 is 4.74 Å². The Morgan fingerprint density at radius 2 is 1.94 bits per heavy atom. The maximum absolute atomic E-state index is 5.95. The molecule has 2 fully saturated rings. The molecule has 2 saturated carbocycles. The van der Waals surface area contributed by atoms with E-state index in [1.54, 1.807) is 0 Å². The van der Waals surface area contributed by atoms with Gasteiger partial charge in [-0.05, 0) is 38.5 Å². The monoisotopic (exact) mass is 233 g/mol. The lowest BCUT2D eigenvalue weighted by Gasteiger charge is -2.13. The van der Waals surface area contributed by atoms with Gasteiger partial charge in [0.05, 0.1) is 0 Å². The first-order valence-electron chi connectivity index (χ1n) is 6.58. The molecule has 0 bridgehead atoms. The van der Waals surface area contributed by atoms with E-state index in [0.717, 1.165) is 30.4 Å². The van der Waals surface area contributed by atoms with Crippen molar-refractivity contribution in [1.82, 2.24) is 9.97 Å². The molecule has 1 aromatic rings. The quantitative estimate of drug-likeness (QED) is 0.868. The average Bonchev–Trinajstić information content (AvgIpc) is 3.09. The van der Waals surface area contributed by atoms with Crippen molar-refractivity contribution in [3.8, 4) is 5.88 Å². The highest BCUT2D eigenvalue weighted by atomic mass is 16.5. The van der Waals surface area contributed by atoms with Gasteiger partial charge in [0.2, 0.25) is 5.88 Å². The summed E-state index contributed by atoms with van der Waals surface area (Å²) in [4.78, 5) is 9.02. The zero-order valence-electron chi connectivity index (χ0n) is 10.3. The van der Waals surface area contributed by atoms with E-state index >= 15 is 0 Å². The molecule has 0 unspecified atom stereocenters. The fourth-order valence-electron chi connectivity index (χ4n) is 2.33. The van der Waals surface area contributed by atoms with Gasteiger partial charge < -0.3 is 10.1 Å². The zero-order chi connectivity index (χ0) is 11.7. The van der Waals surface area contributed by atoms with E-state index < -0.39 is 0 Å². The fourth-order valence-corrected chi connectivity index (χ4v) is 2.33. The normalized spacial score (nSPS) is 20.5. The summed E-state index contributed by atoms with van der Waals surface area (Å²) < 4.78 is 5.95. The molecule has 92 valence electrons. The number of aromatic nitrogens is 2. The average molecular weight is 233 g/mol. The van der Waals surface area contributed by atoms with Crippen molar-refractivity contribution in [2.24, 2.45) is 0 Å². The highest BCUT2D eigenvalue weighted by Crippen LogP contribution is 2.39. The Bertz CT molecular complexity index is 398. The van der Waals surface area contributed by atoms with E-state index in [2.05, 4.69) is 15.3 Å². The van der Waals surface area contributed by atoms with E-state index in [1.165, 1.54) is 25.7 Å². The Kier molecular flexibility index (Phi) is 2.87. The molecular formula is C13H19N3O. The molecule has 0 amide bonds. The predicted octanol–water partition coefficient (Wildman–Crippen LogP) is 2.72. The number of nitrogens with zero attached hydrogens (tertiary/aromatic N) is 2. The minimum absolute atomic E-state index is 0.363. The SMILES string of the molecule is CNc1cc(OC2CCCC2)nc(C2CC2)n1. The number of hydrogen-bond donors (Lipinski definition) is 1. The highest BCUT2D eigenvalue weighted by Gasteiger charge is 2.28.